The minimum atomic E-state index is -4.37. The van der Waals surface area contributed by atoms with Crippen molar-refractivity contribution in [1.29, 1.82) is 0 Å². The number of benzene rings is 1. The molecule has 0 saturated heterocycles. The molecule has 0 radical (unpaired) electrons. The first kappa shape index (κ1) is 13.4. The van der Waals surface area contributed by atoms with Crippen molar-refractivity contribution < 1.29 is 13.2 Å². The Morgan fingerprint density at radius 2 is 2.06 bits per heavy atom. The highest BCUT2D eigenvalue weighted by molar-refractivity contribution is 9.11. The second-order valence-corrected chi connectivity index (χ2v) is 4.59. The van der Waals surface area contributed by atoms with Gasteiger partial charge in [0, 0.05) is 11.0 Å². The predicted molar refractivity (Wildman–Crippen MR) is 63.0 cm³/mol. The number of alkyl halides is 3. The van der Waals surface area contributed by atoms with E-state index in [0.717, 1.165) is 12.1 Å². The molecule has 1 aromatic carbocycles. The molecule has 1 N–H and O–H groups in total. The SMILES string of the molecule is C=C(Br)CNc1cc(C(F)(F)F)ccc1Cl. The molecule has 6 heteroatoms. The zero-order chi connectivity index (χ0) is 12.3. The van der Waals surface area contributed by atoms with E-state index in [1.807, 2.05) is 0 Å². The lowest BCUT2D eigenvalue weighted by Gasteiger charge is -2.11. The van der Waals surface area contributed by atoms with Crippen LogP contribution >= 0.6 is 27.5 Å². The van der Waals surface area contributed by atoms with Crippen LogP contribution in [-0.4, -0.2) is 6.54 Å². The highest BCUT2D eigenvalue weighted by atomic mass is 79.9. The van der Waals surface area contributed by atoms with Crippen LogP contribution in [0.3, 0.4) is 0 Å². The number of nitrogens with one attached hydrogen (secondary N) is 1. The van der Waals surface area contributed by atoms with Crippen molar-refractivity contribution >= 4 is 33.2 Å². The van der Waals surface area contributed by atoms with Crippen molar-refractivity contribution in [2.45, 2.75) is 6.18 Å². The van der Waals surface area contributed by atoms with Crippen molar-refractivity contribution in [2.24, 2.45) is 0 Å². The molecular formula is C10H8BrClF3N. The Hall–Kier alpha value is -0.680. The lowest BCUT2D eigenvalue weighted by molar-refractivity contribution is -0.137. The number of hydrogen-bond donors (Lipinski definition) is 1. The smallest absolute Gasteiger partial charge is 0.379 e. The summed E-state index contributed by atoms with van der Waals surface area (Å²) in [5, 5.41) is 2.98. The maximum atomic E-state index is 12.4. The normalized spacial score (nSPS) is 11.3. The van der Waals surface area contributed by atoms with Crippen molar-refractivity contribution in [3.05, 3.63) is 39.8 Å². The van der Waals surface area contributed by atoms with Crippen LogP contribution in [0.5, 0.6) is 0 Å². The summed E-state index contributed by atoms with van der Waals surface area (Å²) in [5.74, 6) is 0. The van der Waals surface area contributed by atoms with Crippen molar-refractivity contribution in [2.75, 3.05) is 11.9 Å². The molecule has 0 aromatic heterocycles. The van der Waals surface area contributed by atoms with E-state index in [2.05, 4.69) is 27.8 Å². The standard InChI is InChI=1S/C10H8BrClF3N/c1-6(11)5-16-9-4-7(10(13,14)15)2-3-8(9)12/h2-4,16H,1,5H2. The molecule has 1 aromatic rings. The third-order valence-electron chi connectivity index (χ3n) is 1.76. The monoisotopic (exact) mass is 313 g/mol. The average molecular weight is 315 g/mol. The lowest BCUT2D eigenvalue weighted by atomic mass is 10.2. The third kappa shape index (κ3) is 3.72. The highest BCUT2D eigenvalue weighted by Gasteiger charge is 2.30. The molecule has 0 heterocycles. The van der Waals surface area contributed by atoms with Crippen LogP contribution in [0.25, 0.3) is 0 Å². The van der Waals surface area contributed by atoms with Gasteiger partial charge < -0.3 is 5.32 Å². The number of hydrogen-bond acceptors (Lipinski definition) is 1. The van der Waals surface area contributed by atoms with Gasteiger partial charge in [0.05, 0.1) is 16.3 Å². The molecule has 16 heavy (non-hydrogen) atoms. The molecule has 0 atom stereocenters. The lowest BCUT2D eigenvalue weighted by Crippen LogP contribution is -2.07. The molecule has 1 rings (SSSR count). The van der Waals surface area contributed by atoms with Crippen molar-refractivity contribution in [3.63, 3.8) is 0 Å². The zero-order valence-electron chi connectivity index (χ0n) is 8.04. The Morgan fingerprint density at radius 1 is 1.44 bits per heavy atom. The van der Waals surface area contributed by atoms with Crippen LogP contribution in [0.15, 0.2) is 29.3 Å². The first-order valence-corrected chi connectivity index (χ1v) is 5.41. The van der Waals surface area contributed by atoms with Gasteiger partial charge in [-0.15, -0.1) is 0 Å². The van der Waals surface area contributed by atoms with Crippen LogP contribution in [0.1, 0.15) is 5.56 Å². The summed E-state index contributed by atoms with van der Waals surface area (Å²) in [4.78, 5) is 0. The summed E-state index contributed by atoms with van der Waals surface area (Å²) < 4.78 is 37.8. The molecule has 0 unspecified atom stereocenters. The second-order valence-electron chi connectivity index (χ2n) is 3.06. The van der Waals surface area contributed by atoms with Gasteiger partial charge in [0.1, 0.15) is 0 Å². The van der Waals surface area contributed by atoms with Gasteiger partial charge in [-0.25, -0.2) is 0 Å². The fraction of sp³-hybridized carbons (Fsp3) is 0.200. The summed E-state index contributed by atoms with van der Waals surface area (Å²) in [6, 6.07) is 3.12. The van der Waals surface area contributed by atoms with Gasteiger partial charge in [-0.1, -0.05) is 34.1 Å². The summed E-state index contributed by atoms with van der Waals surface area (Å²) in [6.07, 6.45) is -4.37. The molecule has 0 fully saturated rings. The maximum Gasteiger partial charge on any atom is 0.416 e. The largest absolute Gasteiger partial charge is 0.416 e. The molecule has 0 aliphatic rings. The zero-order valence-corrected chi connectivity index (χ0v) is 10.4. The van der Waals surface area contributed by atoms with Crippen LogP contribution in [0, 0.1) is 0 Å². The molecule has 1 nitrogen and oxygen atoms in total. The Bertz CT molecular complexity index is 404. The van der Waals surface area contributed by atoms with Gasteiger partial charge in [-0.05, 0) is 18.2 Å². The van der Waals surface area contributed by atoms with E-state index in [1.165, 1.54) is 6.07 Å². The molecule has 88 valence electrons. The van der Waals surface area contributed by atoms with Crippen molar-refractivity contribution in [1.82, 2.24) is 0 Å². The summed E-state index contributed by atoms with van der Waals surface area (Å²) in [6.45, 7) is 3.87. The summed E-state index contributed by atoms with van der Waals surface area (Å²) in [5.41, 5.74) is -0.503. The highest BCUT2D eigenvalue weighted by Crippen LogP contribution is 2.33. The Kier molecular flexibility index (Phi) is 4.27. The van der Waals surface area contributed by atoms with Crippen LogP contribution in [0.4, 0.5) is 18.9 Å². The van der Waals surface area contributed by atoms with E-state index >= 15 is 0 Å². The van der Waals surface area contributed by atoms with Crippen LogP contribution < -0.4 is 5.32 Å². The van der Waals surface area contributed by atoms with E-state index in [-0.39, 0.29) is 10.7 Å². The number of rotatable bonds is 3. The van der Waals surface area contributed by atoms with Gasteiger partial charge in [0.2, 0.25) is 0 Å². The van der Waals surface area contributed by atoms with Crippen LogP contribution in [0.2, 0.25) is 5.02 Å². The van der Waals surface area contributed by atoms with E-state index < -0.39 is 11.7 Å². The summed E-state index contributed by atoms with van der Waals surface area (Å²) >= 11 is 8.85. The van der Waals surface area contributed by atoms with E-state index in [0.29, 0.717) is 11.0 Å². The van der Waals surface area contributed by atoms with E-state index in [4.69, 9.17) is 11.6 Å². The number of anilines is 1. The van der Waals surface area contributed by atoms with Crippen molar-refractivity contribution in [3.8, 4) is 0 Å². The molecule has 0 aliphatic heterocycles. The second kappa shape index (κ2) is 5.10. The fourth-order valence-corrected chi connectivity index (χ4v) is 1.35. The first-order chi connectivity index (χ1) is 7.30. The Labute approximate surface area is 104 Å². The fourth-order valence-electron chi connectivity index (χ4n) is 1.03. The first-order valence-electron chi connectivity index (χ1n) is 4.24. The Morgan fingerprint density at radius 3 is 2.56 bits per heavy atom. The number of halogens is 5. The van der Waals surface area contributed by atoms with Gasteiger partial charge in [-0.3, -0.25) is 0 Å². The van der Waals surface area contributed by atoms with E-state index in [9.17, 15) is 13.2 Å². The molecule has 0 spiro atoms. The molecular weight excluding hydrogens is 306 g/mol. The van der Waals surface area contributed by atoms with Gasteiger partial charge >= 0.3 is 6.18 Å². The topological polar surface area (TPSA) is 12.0 Å². The maximum absolute atomic E-state index is 12.4. The molecule has 0 aliphatic carbocycles. The van der Waals surface area contributed by atoms with Crippen LogP contribution in [-0.2, 0) is 6.18 Å². The molecule has 0 amide bonds. The quantitative estimate of drug-likeness (QED) is 0.854. The average Bonchev–Trinajstić information content (AvgIpc) is 2.14. The molecule has 0 bridgehead atoms. The van der Waals surface area contributed by atoms with Gasteiger partial charge in [0.15, 0.2) is 0 Å². The van der Waals surface area contributed by atoms with E-state index in [1.54, 1.807) is 0 Å². The predicted octanol–water partition coefficient (Wildman–Crippen LogP) is 4.68. The molecule has 0 saturated carbocycles. The van der Waals surface area contributed by atoms with Gasteiger partial charge in [0.25, 0.3) is 0 Å². The summed E-state index contributed by atoms with van der Waals surface area (Å²) in [7, 11) is 0. The van der Waals surface area contributed by atoms with Gasteiger partial charge in [-0.2, -0.15) is 13.2 Å². The minimum Gasteiger partial charge on any atom is -0.379 e. The third-order valence-corrected chi connectivity index (χ3v) is 2.37. The Balaban J connectivity index is 2.95. The minimum absolute atomic E-state index is 0.233.